The predicted octanol–water partition coefficient (Wildman–Crippen LogP) is 3.36. The van der Waals surface area contributed by atoms with Crippen LogP contribution in [0.25, 0.3) is 0 Å². The molecule has 1 aliphatic heterocycles. The Bertz CT molecular complexity index is 434. The van der Waals surface area contributed by atoms with E-state index in [4.69, 9.17) is 0 Å². The highest BCUT2D eigenvalue weighted by Crippen LogP contribution is 2.24. The molecule has 0 spiro atoms. The van der Waals surface area contributed by atoms with E-state index in [2.05, 4.69) is 39.8 Å². The molecule has 2 fully saturated rings. The minimum Gasteiger partial charge on any atom is -0.353 e. The second kappa shape index (κ2) is 6.82. The van der Waals surface area contributed by atoms with Gasteiger partial charge in [-0.15, -0.1) is 0 Å². The Balaban J connectivity index is 1.55. The average molecular weight is 290 g/mol. The van der Waals surface area contributed by atoms with Crippen molar-refractivity contribution >= 4 is 5.95 Å². The lowest BCUT2D eigenvalue weighted by Gasteiger charge is -2.24. The van der Waals surface area contributed by atoms with Gasteiger partial charge in [-0.3, -0.25) is 0 Å². The van der Waals surface area contributed by atoms with Crippen LogP contribution in [0.15, 0.2) is 12.4 Å². The number of hydrogen-bond acceptors (Lipinski definition) is 3. The number of hydrogen-bond donors (Lipinski definition) is 1. The van der Waals surface area contributed by atoms with E-state index in [0.717, 1.165) is 18.4 Å². The minimum atomic E-state index is 0.635. The van der Waals surface area contributed by atoms with E-state index < -0.39 is 0 Å². The SMILES string of the molecule is CC(C)N1CCC(Cn2ccnc2NC2CCCCC2)C1. The van der Waals surface area contributed by atoms with Gasteiger partial charge in [0.25, 0.3) is 0 Å². The lowest BCUT2D eigenvalue weighted by Crippen LogP contribution is -2.29. The average Bonchev–Trinajstić information content (AvgIpc) is 3.11. The molecule has 118 valence electrons. The van der Waals surface area contributed by atoms with Crippen molar-refractivity contribution in [3.8, 4) is 0 Å². The van der Waals surface area contributed by atoms with Gasteiger partial charge in [0.2, 0.25) is 5.95 Å². The Morgan fingerprint density at radius 2 is 2.05 bits per heavy atom. The first kappa shape index (κ1) is 14.9. The van der Waals surface area contributed by atoms with Crippen LogP contribution in [0.5, 0.6) is 0 Å². The van der Waals surface area contributed by atoms with Gasteiger partial charge in [-0.2, -0.15) is 0 Å². The molecule has 0 bridgehead atoms. The first-order valence-corrected chi connectivity index (χ1v) is 8.74. The third-order valence-corrected chi connectivity index (χ3v) is 5.16. The zero-order valence-corrected chi connectivity index (χ0v) is 13.6. The molecule has 4 nitrogen and oxygen atoms in total. The number of rotatable bonds is 5. The van der Waals surface area contributed by atoms with Crippen LogP contribution >= 0.6 is 0 Å². The van der Waals surface area contributed by atoms with Gasteiger partial charge in [0.05, 0.1) is 0 Å². The molecule has 1 saturated carbocycles. The molecule has 3 rings (SSSR count). The summed E-state index contributed by atoms with van der Waals surface area (Å²) in [4.78, 5) is 7.14. The van der Waals surface area contributed by atoms with E-state index in [1.165, 1.54) is 51.6 Å². The van der Waals surface area contributed by atoms with E-state index in [1.54, 1.807) is 0 Å². The first-order chi connectivity index (χ1) is 10.2. The zero-order valence-electron chi connectivity index (χ0n) is 13.6. The Morgan fingerprint density at radius 3 is 2.76 bits per heavy atom. The molecular weight excluding hydrogens is 260 g/mol. The predicted molar refractivity (Wildman–Crippen MR) is 87.5 cm³/mol. The largest absolute Gasteiger partial charge is 0.353 e. The lowest BCUT2D eigenvalue weighted by atomic mass is 9.96. The lowest BCUT2D eigenvalue weighted by molar-refractivity contribution is 0.261. The number of anilines is 1. The molecule has 1 aliphatic carbocycles. The van der Waals surface area contributed by atoms with Crippen molar-refractivity contribution in [2.75, 3.05) is 18.4 Å². The monoisotopic (exact) mass is 290 g/mol. The summed E-state index contributed by atoms with van der Waals surface area (Å²) in [5, 5.41) is 3.68. The van der Waals surface area contributed by atoms with E-state index >= 15 is 0 Å². The molecule has 0 aromatic carbocycles. The van der Waals surface area contributed by atoms with E-state index in [0.29, 0.717) is 12.1 Å². The van der Waals surface area contributed by atoms with Crippen LogP contribution in [0.3, 0.4) is 0 Å². The van der Waals surface area contributed by atoms with Crippen LogP contribution in [-0.4, -0.2) is 39.6 Å². The molecule has 1 aromatic rings. The van der Waals surface area contributed by atoms with Crippen molar-refractivity contribution in [1.29, 1.82) is 0 Å². The van der Waals surface area contributed by atoms with Crippen LogP contribution in [0.1, 0.15) is 52.4 Å². The molecule has 1 unspecified atom stereocenters. The normalized spacial score (nSPS) is 24.8. The Labute approximate surface area is 128 Å². The van der Waals surface area contributed by atoms with E-state index in [9.17, 15) is 0 Å². The van der Waals surface area contributed by atoms with Crippen molar-refractivity contribution in [2.45, 2.75) is 71.0 Å². The summed E-state index contributed by atoms with van der Waals surface area (Å²) in [5.74, 6) is 1.86. The summed E-state index contributed by atoms with van der Waals surface area (Å²) >= 11 is 0. The second-order valence-electron chi connectivity index (χ2n) is 7.13. The van der Waals surface area contributed by atoms with Gasteiger partial charge in [-0.1, -0.05) is 19.3 Å². The van der Waals surface area contributed by atoms with E-state index in [1.807, 2.05) is 6.20 Å². The van der Waals surface area contributed by atoms with Crippen molar-refractivity contribution in [3.63, 3.8) is 0 Å². The highest BCUT2D eigenvalue weighted by Gasteiger charge is 2.25. The summed E-state index contributed by atoms with van der Waals surface area (Å²) in [6.07, 6.45) is 12.1. The van der Waals surface area contributed by atoms with Crippen LogP contribution in [0.4, 0.5) is 5.95 Å². The van der Waals surface area contributed by atoms with Gasteiger partial charge in [0.15, 0.2) is 0 Å². The van der Waals surface area contributed by atoms with Crippen LogP contribution in [0.2, 0.25) is 0 Å². The van der Waals surface area contributed by atoms with Crippen LogP contribution in [0, 0.1) is 5.92 Å². The Morgan fingerprint density at radius 1 is 1.24 bits per heavy atom. The standard InChI is InChI=1S/C17H30N4/c1-14(2)20-10-8-15(12-20)13-21-11-9-18-17(21)19-16-6-4-3-5-7-16/h9,11,14-16H,3-8,10,12-13H2,1-2H3,(H,18,19). The fourth-order valence-electron chi connectivity index (χ4n) is 3.79. The highest BCUT2D eigenvalue weighted by atomic mass is 15.2. The second-order valence-corrected chi connectivity index (χ2v) is 7.13. The molecular formula is C17H30N4. The van der Waals surface area contributed by atoms with Crippen molar-refractivity contribution in [1.82, 2.24) is 14.5 Å². The molecule has 0 amide bonds. The molecule has 4 heteroatoms. The molecule has 1 atom stereocenters. The van der Waals surface area contributed by atoms with Gasteiger partial charge < -0.3 is 14.8 Å². The third kappa shape index (κ3) is 3.79. The molecule has 1 aromatic heterocycles. The molecule has 0 radical (unpaired) electrons. The van der Waals surface area contributed by atoms with Crippen molar-refractivity contribution in [2.24, 2.45) is 5.92 Å². The maximum atomic E-state index is 4.54. The number of imidazole rings is 1. The van der Waals surface area contributed by atoms with Gasteiger partial charge in [0, 0.05) is 37.6 Å². The Hall–Kier alpha value is -1.03. The topological polar surface area (TPSA) is 33.1 Å². The minimum absolute atomic E-state index is 0.635. The molecule has 21 heavy (non-hydrogen) atoms. The van der Waals surface area contributed by atoms with Crippen molar-refractivity contribution < 1.29 is 0 Å². The first-order valence-electron chi connectivity index (χ1n) is 8.74. The van der Waals surface area contributed by atoms with Gasteiger partial charge in [-0.25, -0.2) is 4.98 Å². The summed E-state index contributed by atoms with van der Waals surface area (Å²) in [6.45, 7) is 8.20. The van der Waals surface area contributed by atoms with Crippen LogP contribution < -0.4 is 5.32 Å². The Kier molecular flexibility index (Phi) is 4.84. The molecule has 1 saturated heterocycles. The van der Waals surface area contributed by atoms with Crippen LogP contribution in [-0.2, 0) is 6.54 Å². The van der Waals surface area contributed by atoms with Gasteiger partial charge in [-0.05, 0) is 45.6 Å². The summed E-state index contributed by atoms with van der Waals surface area (Å²) in [7, 11) is 0. The molecule has 2 heterocycles. The smallest absolute Gasteiger partial charge is 0.202 e. The summed E-state index contributed by atoms with van der Waals surface area (Å²) < 4.78 is 2.34. The zero-order chi connectivity index (χ0) is 14.7. The number of aromatic nitrogens is 2. The summed E-state index contributed by atoms with van der Waals surface area (Å²) in [6, 6.07) is 1.31. The van der Waals surface area contributed by atoms with E-state index in [-0.39, 0.29) is 0 Å². The maximum absolute atomic E-state index is 4.54. The fourth-order valence-corrected chi connectivity index (χ4v) is 3.79. The summed E-state index contributed by atoms with van der Waals surface area (Å²) in [5.41, 5.74) is 0. The molecule has 1 N–H and O–H groups in total. The number of nitrogens with zero attached hydrogens (tertiary/aromatic N) is 3. The third-order valence-electron chi connectivity index (χ3n) is 5.16. The fraction of sp³-hybridized carbons (Fsp3) is 0.824. The quantitative estimate of drug-likeness (QED) is 0.902. The van der Waals surface area contributed by atoms with Gasteiger partial charge in [0.1, 0.15) is 0 Å². The van der Waals surface area contributed by atoms with Gasteiger partial charge >= 0.3 is 0 Å². The number of nitrogens with one attached hydrogen (secondary N) is 1. The number of likely N-dealkylation sites (tertiary alicyclic amines) is 1. The van der Waals surface area contributed by atoms with Crippen molar-refractivity contribution in [3.05, 3.63) is 12.4 Å². The highest BCUT2D eigenvalue weighted by molar-refractivity contribution is 5.27. The molecule has 2 aliphatic rings. The maximum Gasteiger partial charge on any atom is 0.202 e.